The third kappa shape index (κ3) is 3.63. The van der Waals surface area contributed by atoms with Gasteiger partial charge in [-0.15, -0.1) is 0 Å². The lowest BCUT2D eigenvalue weighted by molar-refractivity contribution is -0.144. The lowest BCUT2D eigenvalue weighted by Gasteiger charge is -2.44. The first-order valence-corrected chi connectivity index (χ1v) is 11.0. The molecule has 4 aliphatic rings. The van der Waals surface area contributed by atoms with Gasteiger partial charge in [-0.05, 0) is 43.4 Å². The minimum atomic E-state index is -0.898. The van der Waals surface area contributed by atoms with E-state index in [4.69, 9.17) is 15.2 Å². The second-order valence-corrected chi connectivity index (χ2v) is 8.99. The van der Waals surface area contributed by atoms with E-state index in [2.05, 4.69) is 21.9 Å². The topological polar surface area (TPSA) is 88.3 Å². The van der Waals surface area contributed by atoms with Gasteiger partial charge in [0.1, 0.15) is 5.41 Å². The summed E-state index contributed by atoms with van der Waals surface area (Å²) in [5, 5.41) is 0. The molecule has 1 aromatic rings. The van der Waals surface area contributed by atoms with Crippen LogP contribution in [0.4, 0.5) is 0 Å². The number of likely N-dealkylation sites (tertiary alicyclic amines) is 1. The summed E-state index contributed by atoms with van der Waals surface area (Å²) < 4.78 is 10.9. The maximum absolute atomic E-state index is 12.9. The molecule has 0 bridgehead atoms. The van der Waals surface area contributed by atoms with Crippen LogP contribution in [0, 0.1) is 5.41 Å². The predicted octanol–water partition coefficient (Wildman–Crippen LogP) is 0.789. The van der Waals surface area contributed by atoms with Crippen LogP contribution in [0.1, 0.15) is 31.2 Å². The Morgan fingerprint density at radius 1 is 1.07 bits per heavy atom. The maximum Gasteiger partial charge on any atom is 0.238 e. The molecule has 8 heteroatoms. The fourth-order valence-corrected chi connectivity index (χ4v) is 5.01. The molecule has 3 fully saturated rings. The van der Waals surface area contributed by atoms with E-state index in [1.807, 2.05) is 11.0 Å². The molecule has 1 aliphatic carbocycles. The van der Waals surface area contributed by atoms with E-state index in [9.17, 15) is 9.59 Å². The number of primary amides is 1. The second-order valence-electron chi connectivity index (χ2n) is 8.99. The van der Waals surface area contributed by atoms with Crippen molar-refractivity contribution in [3.05, 3.63) is 23.8 Å². The van der Waals surface area contributed by atoms with Gasteiger partial charge in [0.05, 0.1) is 0 Å². The fraction of sp³-hybridized carbons (Fsp3) is 0.636. The van der Waals surface area contributed by atoms with Crippen molar-refractivity contribution in [1.82, 2.24) is 14.7 Å². The highest BCUT2D eigenvalue weighted by molar-refractivity contribution is 6.07. The number of hydrogen-bond acceptors (Lipinski definition) is 6. The summed E-state index contributed by atoms with van der Waals surface area (Å²) in [5.74, 6) is 1.17. The van der Waals surface area contributed by atoms with E-state index in [1.165, 1.54) is 5.56 Å². The molecule has 0 unspecified atom stereocenters. The average molecular weight is 415 g/mol. The van der Waals surface area contributed by atoms with Gasteiger partial charge in [-0.25, -0.2) is 0 Å². The van der Waals surface area contributed by atoms with Gasteiger partial charge in [0.25, 0.3) is 0 Å². The molecular formula is C22H30N4O4. The summed E-state index contributed by atoms with van der Waals surface area (Å²) in [6.45, 7) is 6.68. The lowest BCUT2D eigenvalue weighted by atomic mass is 9.98. The van der Waals surface area contributed by atoms with Gasteiger partial charge in [0, 0.05) is 51.9 Å². The van der Waals surface area contributed by atoms with Gasteiger partial charge in [0.15, 0.2) is 11.5 Å². The van der Waals surface area contributed by atoms with Crippen LogP contribution in [0.3, 0.4) is 0 Å². The van der Waals surface area contributed by atoms with Crippen molar-refractivity contribution in [2.45, 2.75) is 38.3 Å². The van der Waals surface area contributed by atoms with Gasteiger partial charge in [-0.3, -0.25) is 19.4 Å². The quantitative estimate of drug-likeness (QED) is 0.717. The van der Waals surface area contributed by atoms with Crippen LogP contribution in [-0.4, -0.2) is 78.6 Å². The van der Waals surface area contributed by atoms with Crippen LogP contribution < -0.4 is 15.2 Å². The standard InChI is InChI=1S/C22H30N4O4/c23-20(27)22(5-6-22)21(28)26-7-1-2-17(14-26)25-10-8-24(9-11-25)13-16-3-4-18-19(12-16)30-15-29-18/h3-4,12,17H,1-2,5-11,13-15H2,(H2,23,27)/t17-/m1/s1. The molecule has 0 aromatic heterocycles. The number of hydrogen-bond donors (Lipinski definition) is 1. The van der Waals surface area contributed by atoms with Crippen molar-refractivity contribution in [3.63, 3.8) is 0 Å². The SMILES string of the molecule is NC(=O)C1(C(=O)N2CCC[C@@H](N3CCN(Cc4ccc5c(c4)OCO5)CC3)C2)CC1. The third-order valence-electron chi connectivity index (χ3n) is 7.08. The number of fused-ring (bicyclic) bond motifs is 1. The number of ether oxygens (including phenoxy) is 2. The van der Waals surface area contributed by atoms with E-state index in [-0.39, 0.29) is 5.91 Å². The molecule has 5 rings (SSSR count). The van der Waals surface area contributed by atoms with E-state index < -0.39 is 11.3 Å². The fourth-order valence-electron chi connectivity index (χ4n) is 5.01. The lowest BCUT2D eigenvalue weighted by Crippen LogP contribution is -2.57. The Bertz CT molecular complexity index is 832. The predicted molar refractivity (Wildman–Crippen MR) is 110 cm³/mol. The van der Waals surface area contributed by atoms with Gasteiger partial charge >= 0.3 is 0 Å². The molecule has 1 aromatic carbocycles. The Balaban J connectivity index is 1.14. The number of nitrogens with zero attached hydrogens (tertiary/aromatic N) is 3. The van der Waals surface area contributed by atoms with Gasteiger partial charge in [0.2, 0.25) is 18.6 Å². The largest absolute Gasteiger partial charge is 0.454 e. The van der Waals surface area contributed by atoms with Crippen LogP contribution in [0.15, 0.2) is 18.2 Å². The first kappa shape index (κ1) is 19.6. The Kier molecular flexibility index (Phi) is 5.06. The number of piperazine rings is 1. The number of piperidine rings is 1. The van der Waals surface area contributed by atoms with E-state index in [1.54, 1.807) is 0 Å². The molecule has 2 amide bonds. The zero-order valence-electron chi connectivity index (χ0n) is 17.3. The number of carbonyl (C=O) groups is 2. The van der Waals surface area contributed by atoms with Crippen LogP contribution in [-0.2, 0) is 16.1 Å². The van der Waals surface area contributed by atoms with Crippen molar-refractivity contribution < 1.29 is 19.1 Å². The van der Waals surface area contributed by atoms with E-state index in [0.717, 1.165) is 70.2 Å². The highest BCUT2D eigenvalue weighted by Crippen LogP contribution is 2.47. The Hall–Kier alpha value is -2.32. The smallest absolute Gasteiger partial charge is 0.238 e. The van der Waals surface area contributed by atoms with Crippen molar-refractivity contribution in [2.24, 2.45) is 11.1 Å². The molecular weight excluding hydrogens is 384 g/mol. The molecule has 162 valence electrons. The molecule has 8 nitrogen and oxygen atoms in total. The van der Waals surface area contributed by atoms with Crippen molar-refractivity contribution in [2.75, 3.05) is 46.1 Å². The van der Waals surface area contributed by atoms with Crippen LogP contribution in [0.5, 0.6) is 11.5 Å². The van der Waals surface area contributed by atoms with Crippen molar-refractivity contribution in [3.8, 4) is 11.5 Å². The zero-order valence-corrected chi connectivity index (χ0v) is 17.3. The highest BCUT2D eigenvalue weighted by atomic mass is 16.7. The minimum absolute atomic E-state index is 0.0406. The minimum Gasteiger partial charge on any atom is -0.454 e. The number of amides is 2. The van der Waals surface area contributed by atoms with Crippen LogP contribution >= 0.6 is 0 Å². The molecule has 30 heavy (non-hydrogen) atoms. The molecule has 0 spiro atoms. The summed E-state index contributed by atoms with van der Waals surface area (Å²) in [4.78, 5) is 31.5. The molecule has 2 saturated heterocycles. The number of nitrogens with two attached hydrogens (primary N) is 1. The Labute approximate surface area is 176 Å². The summed E-state index contributed by atoms with van der Waals surface area (Å²) in [7, 11) is 0. The van der Waals surface area contributed by atoms with E-state index >= 15 is 0 Å². The Morgan fingerprint density at radius 2 is 1.83 bits per heavy atom. The molecule has 0 radical (unpaired) electrons. The van der Waals surface area contributed by atoms with Gasteiger partial charge < -0.3 is 20.1 Å². The van der Waals surface area contributed by atoms with Gasteiger partial charge in [-0.2, -0.15) is 0 Å². The zero-order chi connectivity index (χ0) is 20.7. The average Bonchev–Trinajstić information content (AvgIpc) is 3.46. The molecule has 3 aliphatic heterocycles. The van der Waals surface area contributed by atoms with Crippen LogP contribution in [0.25, 0.3) is 0 Å². The molecule has 2 N–H and O–H groups in total. The summed E-state index contributed by atoms with van der Waals surface area (Å²) in [5.41, 5.74) is 5.85. The molecule has 3 heterocycles. The molecule has 1 atom stereocenters. The summed E-state index contributed by atoms with van der Waals surface area (Å²) >= 11 is 0. The third-order valence-corrected chi connectivity index (χ3v) is 7.08. The van der Waals surface area contributed by atoms with Crippen molar-refractivity contribution >= 4 is 11.8 Å². The summed E-state index contributed by atoms with van der Waals surface area (Å²) in [6, 6.07) is 6.54. The first-order chi connectivity index (χ1) is 14.5. The number of rotatable bonds is 5. The monoisotopic (exact) mass is 414 g/mol. The normalized spacial score (nSPS) is 25.9. The maximum atomic E-state index is 12.9. The highest BCUT2D eigenvalue weighted by Gasteiger charge is 2.57. The van der Waals surface area contributed by atoms with Gasteiger partial charge in [-0.1, -0.05) is 6.07 Å². The second kappa shape index (κ2) is 7.74. The molecule has 1 saturated carbocycles. The Morgan fingerprint density at radius 3 is 2.57 bits per heavy atom. The van der Waals surface area contributed by atoms with E-state index in [0.29, 0.717) is 25.7 Å². The first-order valence-electron chi connectivity index (χ1n) is 11.0. The van der Waals surface area contributed by atoms with Crippen LogP contribution in [0.2, 0.25) is 0 Å². The summed E-state index contributed by atoms with van der Waals surface area (Å²) in [6.07, 6.45) is 3.32. The van der Waals surface area contributed by atoms with Crippen molar-refractivity contribution in [1.29, 1.82) is 0 Å². The number of benzene rings is 1. The number of carbonyl (C=O) groups excluding carboxylic acids is 2.